The highest BCUT2D eigenvalue weighted by molar-refractivity contribution is 6.74. The summed E-state index contributed by atoms with van der Waals surface area (Å²) < 4.78 is 14.4. The van der Waals surface area contributed by atoms with Crippen LogP contribution in [0.15, 0.2) is 11.6 Å². The highest BCUT2D eigenvalue weighted by Gasteiger charge is 2.71. The lowest BCUT2D eigenvalue weighted by Gasteiger charge is -2.71. The van der Waals surface area contributed by atoms with Crippen molar-refractivity contribution in [2.45, 2.75) is 184 Å². The van der Waals surface area contributed by atoms with Gasteiger partial charge >= 0.3 is 0 Å². The molecule has 4 saturated carbocycles. The molecule has 0 bridgehead atoms. The summed E-state index contributed by atoms with van der Waals surface area (Å²) in [5, 5.41) is 0.400. The zero-order valence-corrected chi connectivity index (χ0v) is 36.1. The van der Waals surface area contributed by atoms with Crippen molar-refractivity contribution in [1.82, 2.24) is 0 Å². The fraction of sp³-hybridized carbons (Fsp3) is 0.929. The molecular formula is C42H76O3Si2. The summed E-state index contributed by atoms with van der Waals surface area (Å²) in [6, 6.07) is 0. The minimum atomic E-state index is -1.91. The van der Waals surface area contributed by atoms with Crippen LogP contribution in [-0.2, 0) is 13.6 Å². The normalized spacial score (nSPS) is 44.1. The monoisotopic (exact) mass is 685 g/mol. The second-order valence-corrected chi connectivity index (χ2v) is 31.8. The zero-order chi connectivity index (χ0) is 35.6. The second kappa shape index (κ2) is 11.4. The van der Waals surface area contributed by atoms with Gasteiger partial charge in [-0.2, -0.15) is 0 Å². The van der Waals surface area contributed by atoms with Gasteiger partial charge in [-0.15, -0.1) is 0 Å². The molecule has 0 radical (unpaired) electrons. The van der Waals surface area contributed by atoms with E-state index in [4.69, 9.17) is 8.85 Å². The van der Waals surface area contributed by atoms with Gasteiger partial charge in [-0.1, -0.05) is 95.6 Å². The first-order chi connectivity index (χ1) is 21.1. The lowest BCUT2D eigenvalue weighted by Crippen LogP contribution is -2.67. The molecule has 4 fully saturated rings. The van der Waals surface area contributed by atoms with Gasteiger partial charge in [-0.05, 0) is 144 Å². The minimum absolute atomic E-state index is 0.00261. The summed E-state index contributed by atoms with van der Waals surface area (Å²) in [6.07, 6.45) is 12.0. The van der Waals surface area contributed by atoms with E-state index >= 15 is 4.79 Å². The van der Waals surface area contributed by atoms with E-state index in [9.17, 15) is 0 Å². The molecule has 0 spiro atoms. The third kappa shape index (κ3) is 5.54. The fourth-order valence-corrected chi connectivity index (χ4v) is 14.5. The molecular weight excluding hydrogens is 609 g/mol. The Morgan fingerprint density at radius 2 is 1.38 bits per heavy atom. The van der Waals surface area contributed by atoms with Crippen LogP contribution in [0.3, 0.4) is 0 Å². The van der Waals surface area contributed by atoms with Crippen molar-refractivity contribution in [3.63, 3.8) is 0 Å². The molecule has 5 aliphatic rings. The Bertz CT molecular complexity index is 1270. The molecule has 5 rings (SSSR count). The van der Waals surface area contributed by atoms with Crippen LogP contribution in [0.1, 0.15) is 141 Å². The first-order valence-electron chi connectivity index (χ1n) is 19.7. The summed E-state index contributed by atoms with van der Waals surface area (Å²) in [4.78, 5) is 15.0. The maximum Gasteiger partial charge on any atom is 0.192 e. The van der Waals surface area contributed by atoms with Crippen molar-refractivity contribution in [3.8, 4) is 0 Å². The van der Waals surface area contributed by atoms with Crippen molar-refractivity contribution in [3.05, 3.63) is 11.6 Å². The van der Waals surface area contributed by atoms with Gasteiger partial charge in [0, 0.05) is 12.5 Å². The summed E-state index contributed by atoms with van der Waals surface area (Å²) in [6.45, 7) is 42.4. The Labute approximate surface area is 293 Å². The molecule has 0 heterocycles. The number of hydrogen-bond acceptors (Lipinski definition) is 3. The molecule has 3 nitrogen and oxygen atoms in total. The lowest BCUT2D eigenvalue weighted by atomic mass is 9.33. The van der Waals surface area contributed by atoms with Crippen molar-refractivity contribution in [2.24, 2.45) is 56.7 Å². The summed E-state index contributed by atoms with van der Waals surface area (Å²) in [5.41, 5.74) is 1.76. The summed E-state index contributed by atoms with van der Waals surface area (Å²) in [7, 11) is -3.81. The van der Waals surface area contributed by atoms with Crippen LogP contribution in [0.2, 0.25) is 36.3 Å². The van der Waals surface area contributed by atoms with Crippen molar-refractivity contribution >= 4 is 22.4 Å². The van der Waals surface area contributed by atoms with E-state index in [0.717, 1.165) is 25.9 Å². The van der Waals surface area contributed by atoms with Gasteiger partial charge in [0.15, 0.2) is 22.4 Å². The van der Waals surface area contributed by atoms with E-state index in [1.165, 1.54) is 37.7 Å². The third-order valence-electron chi connectivity index (χ3n) is 17.6. The first kappa shape index (κ1) is 38.0. The third-order valence-corrected chi connectivity index (χ3v) is 26.6. The van der Waals surface area contributed by atoms with E-state index in [1.807, 2.05) is 0 Å². The largest absolute Gasteiger partial charge is 0.416 e. The molecule has 47 heavy (non-hydrogen) atoms. The Balaban J connectivity index is 1.53. The lowest BCUT2D eigenvalue weighted by molar-refractivity contribution is -0.202. The van der Waals surface area contributed by atoms with E-state index in [-0.39, 0.29) is 49.2 Å². The molecule has 0 aromatic heterocycles. The van der Waals surface area contributed by atoms with Crippen molar-refractivity contribution in [1.29, 1.82) is 0 Å². The predicted octanol–water partition coefficient (Wildman–Crippen LogP) is 12.2. The summed E-state index contributed by atoms with van der Waals surface area (Å²) >= 11 is 0. The molecule has 0 aliphatic heterocycles. The minimum Gasteiger partial charge on any atom is -0.416 e. The topological polar surface area (TPSA) is 35.5 Å². The molecule has 0 N–H and O–H groups in total. The Kier molecular flexibility index (Phi) is 9.20. The molecule has 0 unspecified atom stereocenters. The molecule has 0 saturated heterocycles. The van der Waals surface area contributed by atoms with Crippen LogP contribution in [0, 0.1) is 56.7 Å². The number of rotatable bonds is 5. The maximum atomic E-state index is 15.0. The van der Waals surface area contributed by atoms with Gasteiger partial charge < -0.3 is 8.85 Å². The zero-order valence-electron chi connectivity index (χ0n) is 34.1. The standard InChI is InChI=1S/C42H76O3Si2/c1-28-18-23-42(27-44-46(14,15)36(3,4)5)25-24-40(12)30(34(42)29(28)2)26-31(43)35-39(11)21-20-33(45-47(16,17)37(6,7)8)38(9,10)32(39)19-22-41(35,40)13/h26,28-29,32-35H,18-25,27H2,1-17H3/t28-,29+,32+,33+,34+,35-,39+,40-,41-,42-/m1/s1. The molecule has 5 aliphatic carbocycles. The second-order valence-electron chi connectivity index (χ2n) is 22.3. The van der Waals surface area contributed by atoms with Crippen LogP contribution in [0.25, 0.3) is 0 Å². The molecule has 10 atom stereocenters. The highest BCUT2D eigenvalue weighted by Crippen LogP contribution is 2.75. The van der Waals surface area contributed by atoms with Gasteiger partial charge in [-0.3, -0.25) is 4.79 Å². The molecule has 0 amide bonds. The number of allylic oxidation sites excluding steroid dienone is 2. The fourth-order valence-electron chi connectivity index (χ4n) is 12.0. The van der Waals surface area contributed by atoms with Gasteiger partial charge in [0.05, 0.1) is 6.10 Å². The number of carbonyl (C=O) groups excluding carboxylic acids is 1. The Hall–Kier alpha value is -0.236. The van der Waals surface area contributed by atoms with Gasteiger partial charge in [0.1, 0.15) is 0 Å². The number of ketones is 1. The quantitative estimate of drug-likeness (QED) is 0.270. The average molecular weight is 685 g/mol. The van der Waals surface area contributed by atoms with E-state index in [0.29, 0.717) is 29.5 Å². The van der Waals surface area contributed by atoms with Crippen LogP contribution in [-0.4, -0.2) is 35.1 Å². The predicted molar refractivity (Wildman–Crippen MR) is 205 cm³/mol. The van der Waals surface area contributed by atoms with Crippen LogP contribution >= 0.6 is 0 Å². The van der Waals surface area contributed by atoms with Gasteiger partial charge in [0.2, 0.25) is 0 Å². The highest BCUT2D eigenvalue weighted by atomic mass is 28.4. The van der Waals surface area contributed by atoms with Crippen molar-refractivity contribution in [2.75, 3.05) is 6.61 Å². The molecule has 5 heteroatoms. The molecule has 270 valence electrons. The Morgan fingerprint density at radius 1 is 0.787 bits per heavy atom. The van der Waals surface area contributed by atoms with Crippen LogP contribution in [0.5, 0.6) is 0 Å². The molecule has 0 aromatic rings. The molecule has 0 aromatic carbocycles. The van der Waals surface area contributed by atoms with Crippen LogP contribution < -0.4 is 0 Å². The van der Waals surface area contributed by atoms with Gasteiger partial charge in [0.25, 0.3) is 0 Å². The van der Waals surface area contributed by atoms with E-state index in [2.05, 4.69) is 122 Å². The SMILES string of the molecule is C[C@H]1[C@H](C)CC[C@]2(CO[Si](C)(C)C(C)(C)C)CC[C@]3(C)C(=CC(=O)[C@@H]4[C@@]5(C)CC[C@H](O[Si](C)(C)C(C)(C)C)C(C)(C)[C@@H]5CC[C@]43C)[C@H]12. The smallest absolute Gasteiger partial charge is 0.192 e. The average Bonchev–Trinajstić information content (AvgIpc) is 2.91. The van der Waals surface area contributed by atoms with Crippen molar-refractivity contribution < 1.29 is 13.6 Å². The van der Waals surface area contributed by atoms with Gasteiger partial charge in [-0.25, -0.2) is 0 Å². The van der Waals surface area contributed by atoms with E-state index < -0.39 is 16.6 Å². The van der Waals surface area contributed by atoms with E-state index in [1.54, 1.807) is 0 Å². The van der Waals surface area contributed by atoms with Crippen LogP contribution in [0.4, 0.5) is 0 Å². The number of hydrogen-bond donors (Lipinski definition) is 0. The number of fused-ring (bicyclic) bond motifs is 7. The first-order valence-corrected chi connectivity index (χ1v) is 25.5. The maximum absolute atomic E-state index is 15.0. The number of carbonyl (C=O) groups is 1. The Morgan fingerprint density at radius 3 is 1.96 bits per heavy atom. The summed E-state index contributed by atoms with van der Waals surface area (Å²) in [5.74, 6) is 2.72.